The number of likely N-dealkylation sites (tertiary alicyclic amines) is 1. The SMILES string of the molecule is CC(C)(C)OC(=O)N1CCOC2(CCN(C(=O)c3cnc(Cl)nc3)C2)C1. The first-order valence-electron chi connectivity index (χ1n) is 8.56. The Morgan fingerprint density at radius 3 is 2.50 bits per heavy atom. The van der Waals surface area contributed by atoms with Crippen LogP contribution < -0.4 is 0 Å². The predicted molar refractivity (Wildman–Crippen MR) is 94.1 cm³/mol. The number of morpholine rings is 1. The summed E-state index contributed by atoms with van der Waals surface area (Å²) in [5.74, 6) is -0.170. The third kappa shape index (κ3) is 4.24. The molecule has 3 heterocycles. The highest BCUT2D eigenvalue weighted by Gasteiger charge is 2.46. The fourth-order valence-corrected chi connectivity index (χ4v) is 3.29. The van der Waals surface area contributed by atoms with Crippen molar-refractivity contribution >= 4 is 23.6 Å². The van der Waals surface area contributed by atoms with Gasteiger partial charge in [0.2, 0.25) is 5.28 Å². The topological polar surface area (TPSA) is 84.9 Å². The molecule has 142 valence electrons. The lowest BCUT2D eigenvalue weighted by molar-refractivity contribution is -0.100. The number of hydrogen-bond donors (Lipinski definition) is 0. The number of halogens is 1. The fourth-order valence-electron chi connectivity index (χ4n) is 3.20. The minimum absolute atomic E-state index is 0.100. The van der Waals surface area contributed by atoms with E-state index in [2.05, 4.69) is 9.97 Å². The Hall–Kier alpha value is -1.93. The standard InChI is InChI=1S/C17H23ClN4O4/c1-16(2,3)26-15(24)22-6-7-25-17(11-22)4-5-21(10-17)13(23)12-8-19-14(18)20-9-12/h8-9H,4-7,10-11H2,1-3H3. The van der Waals surface area contributed by atoms with Crippen LogP contribution >= 0.6 is 11.6 Å². The van der Waals surface area contributed by atoms with Gasteiger partial charge in [0, 0.05) is 25.5 Å². The lowest BCUT2D eigenvalue weighted by Gasteiger charge is -2.40. The summed E-state index contributed by atoms with van der Waals surface area (Å²) < 4.78 is 11.4. The second kappa shape index (κ2) is 7.00. The molecule has 26 heavy (non-hydrogen) atoms. The zero-order chi connectivity index (χ0) is 18.9. The van der Waals surface area contributed by atoms with Crippen molar-refractivity contribution in [3.8, 4) is 0 Å². The van der Waals surface area contributed by atoms with Crippen LogP contribution in [0, 0.1) is 0 Å². The molecule has 9 heteroatoms. The number of aromatic nitrogens is 2. The number of hydrogen-bond acceptors (Lipinski definition) is 6. The molecule has 2 amide bonds. The van der Waals surface area contributed by atoms with Gasteiger partial charge >= 0.3 is 6.09 Å². The number of carbonyl (C=O) groups excluding carboxylic acids is 2. The zero-order valence-corrected chi connectivity index (χ0v) is 16.0. The first kappa shape index (κ1) is 18.8. The van der Waals surface area contributed by atoms with Crippen LogP contribution in [0.5, 0.6) is 0 Å². The van der Waals surface area contributed by atoms with Crippen LogP contribution in [0.2, 0.25) is 5.28 Å². The van der Waals surface area contributed by atoms with Gasteiger partial charge in [-0.1, -0.05) is 0 Å². The number of nitrogens with zero attached hydrogens (tertiary/aromatic N) is 4. The van der Waals surface area contributed by atoms with Crippen LogP contribution in [0.3, 0.4) is 0 Å². The van der Waals surface area contributed by atoms with E-state index in [0.29, 0.717) is 44.8 Å². The Labute approximate surface area is 157 Å². The highest BCUT2D eigenvalue weighted by Crippen LogP contribution is 2.30. The van der Waals surface area contributed by atoms with Crippen molar-refractivity contribution in [1.82, 2.24) is 19.8 Å². The van der Waals surface area contributed by atoms with Gasteiger partial charge < -0.3 is 19.3 Å². The van der Waals surface area contributed by atoms with Crippen LogP contribution in [-0.4, -0.2) is 75.8 Å². The Bertz CT molecular complexity index is 691. The zero-order valence-electron chi connectivity index (χ0n) is 15.2. The minimum Gasteiger partial charge on any atom is -0.444 e. The maximum absolute atomic E-state index is 12.6. The van der Waals surface area contributed by atoms with Crippen LogP contribution in [-0.2, 0) is 9.47 Å². The molecule has 0 aromatic carbocycles. The maximum Gasteiger partial charge on any atom is 0.410 e. The lowest BCUT2D eigenvalue weighted by atomic mass is 10.0. The molecule has 2 aliphatic heterocycles. The third-order valence-electron chi connectivity index (χ3n) is 4.37. The molecule has 1 atom stereocenters. The van der Waals surface area contributed by atoms with Gasteiger partial charge in [-0.2, -0.15) is 0 Å². The molecule has 2 saturated heterocycles. The van der Waals surface area contributed by atoms with E-state index in [9.17, 15) is 9.59 Å². The van der Waals surface area contributed by atoms with E-state index >= 15 is 0 Å². The number of ether oxygens (including phenoxy) is 2. The van der Waals surface area contributed by atoms with E-state index in [1.807, 2.05) is 20.8 Å². The molecular formula is C17H23ClN4O4. The Kier molecular flexibility index (Phi) is 5.07. The first-order valence-corrected chi connectivity index (χ1v) is 8.94. The van der Waals surface area contributed by atoms with Gasteiger partial charge in [0.1, 0.15) is 11.2 Å². The van der Waals surface area contributed by atoms with Gasteiger partial charge in [-0.05, 0) is 38.8 Å². The Balaban J connectivity index is 1.65. The van der Waals surface area contributed by atoms with Gasteiger partial charge in [-0.15, -0.1) is 0 Å². The van der Waals surface area contributed by atoms with Crippen LogP contribution in [0.1, 0.15) is 37.6 Å². The van der Waals surface area contributed by atoms with Crippen LogP contribution in [0.15, 0.2) is 12.4 Å². The second-order valence-electron chi connectivity index (χ2n) is 7.65. The average molecular weight is 383 g/mol. The summed E-state index contributed by atoms with van der Waals surface area (Å²) in [6.07, 6.45) is 3.14. The van der Waals surface area contributed by atoms with Crippen molar-refractivity contribution in [3.05, 3.63) is 23.2 Å². The summed E-state index contributed by atoms with van der Waals surface area (Å²) in [6.45, 7) is 7.78. The summed E-state index contributed by atoms with van der Waals surface area (Å²) in [6, 6.07) is 0. The van der Waals surface area contributed by atoms with Crippen molar-refractivity contribution in [1.29, 1.82) is 0 Å². The molecular weight excluding hydrogens is 360 g/mol. The first-order chi connectivity index (χ1) is 12.2. The van der Waals surface area contributed by atoms with Crippen molar-refractivity contribution in [3.63, 3.8) is 0 Å². The largest absolute Gasteiger partial charge is 0.444 e. The van der Waals surface area contributed by atoms with Gasteiger partial charge in [0.25, 0.3) is 5.91 Å². The number of carbonyl (C=O) groups is 2. The number of amides is 2. The summed E-state index contributed by atoms with van der Waals surface area (Å²) in [5, 5.41) is 0.100. The van der Waals surface area contributed by atoms with Crippen LogP contribution in [0.4, 0.5) is 4.79 Å². The van der Waals surface area contributed by atoms with Crippen molar-refractivity contribution < 1.29 is 19.1 Å². The molecule has 3 rings (SSSR count). The lowest BCUT2D eigenvalue weighted by Crippen LogP contribution is -2.56. The van der Waals surface area contributed by atoms with Crippen LogP contribution in [0.25, 0.3) is 0 Å². The van der Waals surface area contributed by atoms with E-state index in [-0.39, 0.29) is 17.3 Å². The normalized spacial score (nSPS) is 23.4. The molecule has 2 fully saturated rings. The molecule has 0 aliphatic carbocycles. The van der Waals surface area contributed by atoms with Gasteiger partial charge in [-0.25, -0.2) is 14.8 Å². The quantitative estimate of drug-likeness (QED) is 0.690. The highest BCUT2D eigenvalue weighted by molar-refractivity contribution is 6.28. The molecule has 1 unspecified atom stereocenters. The summed E-state index contributed by atoms with van der Waals surface area (Å²) >= 11 is 5.67. The molecule has 2 aliphatic rings. The Morgan fingerprint density at radius 1 is 1.19 bits per heavy atom. The average Bonchev–Trinajstić information content (AvgIpc) is 2.97. The summed E-state index contributed by atoms with van der Waals surface area (Å²) in [7, 11) is 0. The smallest absolute Gasteiger partial charge is 0.410 e. The fraction of sp³-hybridized carbons (Fsp3) is 0.647. The van der Waals surface area contributed by atoms with Crippen molar-refractivity contribution in [2.24, 2.45) is 0 Å². The van der Waals surface area contributed by atoms with Crippen molar-refractivity contribution in [2.45, 2.75) is 38.4 Å². The maximum atomic E-state index is 12.6. The molecule has 0 radical (unpaired) electrons. The Morgan fingerprint density at radius 2 is 1.85 bits per heavy atom. The minimum atomic E-state index is -0.557. The van der Waals surface area contributed by atoms with E-state index < -0.39 is 11.2 Å². The van der Waals surface area contributed by atoms with E-state index in [0.717, 1.165) is 0 Å². The molecule has 1 aromatic rings. The highest BCUT2D eigenvalue weighted by atomic mass is 35.5. The van der Waals surface area contributed by atoms with Gasteiger partial charge in [-0.3, -0.25) is 4.79 Å². The molecule has 1 spiro atoms. The summed E-state index contributed by atoms with van der Waals surface area (Å²) in [4.78, 5) is 36.1. The monoisotopic (exact) mass is 382 g/mol. The van der Waals surface area contributed by atoms with E-state index in [1.165, 1.54) is 12.4 Å². The molecule has 0 bridgehead atoms. The van der Waals surface area contributed by atoms with E-state index in [1.54, 1.807) is 9.80 Å². The number of rotatable bonds is 1. The predicted octanol–water partition coefficient (Wildman–Crippen LogP) is 1.98. The molecule has 8 nitrogen and oxygen atoms in total. The van der Waals surface area contributed by atoms with Gasteiger partial charge in [0.05, 0.1) is 25.3 Å². The second-order valence-corrected chi connectivity index (χ2v) is 7.99. The summed E-state index contributed by atoms with van der Waals surface area (Å²) in [5.41, 5.74) is -0.723. The van der Waals surface area contributed by atoms with Gasteiger partial charge in [0.15, 0.2) is 0 Å². The third-order valence-corrected chi connectivity index (χ3v) is 4.57. The molecule has 1 aromatic heterocycles. The van der Waals surface area contributed by atoms with Crippen molar-refractivity contribution in [2.75, 3.05) is 32.8 Å². The molecule has 0 N–H and O–H groups in total. The molecule has 0 saturated carbocycles. The van der Waals surface area contributed by atoms with E-state index in [4.69, 9.17) is 21.1 Å².